The Morgan fingerprint density at radius 1 is 0.969 bits per heavy atom. The van der Waals surface area contributed by atoms with Crippen LogP contribution >= 0.6 is 11.3 Å². The molecule has 1 saturated heterocycles. The number of nitriles is 1. The van der Waals surface area contributed by atoms with Crippen LogP contribution in [-0.4, -0.2) is 28.8 Å². The van der Waals surface area contributed by atoms with E-state index in [1.807, 2.05) is 70.9 Å². The minimum atomic E-state index is -0.415. The molecule has 0 unspecified atom stereocenters. The molecule has 5 rings (SSSR count). The third kappa shape index (κ3) is 3.56. The quantitative estimate of drug-likeness (QED) is 0.446. The second kappa shape index (κ2) is 8.54. The third-order valence-corrected chi connectivity index (χ3v) is 6.82. The summed E-state index contributed by atoms with van der Waals surface area (Å²) in [6.45, 7) is -0.0747. The van der Waals surface area contributed by atoms with Crippen molar-refractivity contribution in [3.8, 4) is 28.5 Å². The maximum absolute atomic E-state index is 13.6. The molecule has 3 atom stereocenters. The van der Waals surface area contributed by atoms with Crippen LogP contribution in [0.4, 0.5) is 9.52 Å². The summed E-state index contributed by atoms with van der Waals surface area (Å²) < 4.78 is 13.6. The van der Waals surface area contributed by atoms with Gasteiger partial charge in [-0.1, -0.05) is 66.7 Å². The summed E-state index contributed by atoms with van der Waals surface area (Å²) >= 11 is 1.48. The maximum atomic E-state index is 13.6. The Labute approximate surface area is 189 Å². The van der Waals surface area contributed by atoms with Crippen molar-refractivity contribution in [2.45, 2.75) is 18.0 Å². The van der Waals surface area contributed by atoms with Crippen LogP contribution in [0.3, 0.4) is 0 Å². The second-order valence-electron chi connectivity index (χ2n) is 7.77. The lowest BCUT2D eigenvalue weighted by Crippen LogP contribution is -2.63. The number of aliphatic hydroxyl groups excluding tert-OH is 1. The van der Waals surface area contributed by atoms with E-state index < -0.39 is 6.04 Å². The highest BCUT2D eigenvalue weighted by Gasteiger charge is 2.50. The number of benzene rings is 3. The molecular formula is C26H20FN3OS. The van der Waals surface area contributed by atoms with Gasteiger partial charge in [0.2, 0.25) is 0 Å². The zero-order valence-corrected chi connectivity index (χ0v) is 17.9. The zero-order valence-electron chi connectivity index (χ0n) is 17.1. The number of anilines is 1. The number of hydrogen-bond acceptors (Lipinski definition) is 5. The van der Waals surface area contributed by atoms with Crippen LogP contribution in [0.15, 0.2) is 84.2 Å². The molecule has 4 nitrogen and oxygen atoms in total. The predicted octanol–water partition coefficient (Wildman–Crippen LogP) is 5.47. The molecule has 1 aliphatic heterocycles. The van der Waals surface area contributed by atoms with Crippen LogP contribution in [0, 0.1) is 17.1 Å². The Kier molecular flexibility index (Phi) is 5.44. The molecule has 6 heteroatoms. The van der Waals surface area contributed by atoms with Crippen molar-refractivity contribution in [1.29, 1.82) is 5.26 Å². The van der Waals surface area contributed by atoms with Gasteiger partial charge in [0.1, 0.15) is 11.9 Å². The molecule has 0 aliphatic carbocycles. The summed E-state index contributed by atoms with van der Waals surface area (Å²) in [5.74, 6) is -0.403. The molecule has 1 fully saturated rings. The van der Waals surface area contributed by atoms with Gasteiger partial charge >= 0.3 is 0 Å². The fraction of sp³-hybridized carbons (Fsp3) is 0.154. The van der Waals surface area contributed by atoms with Gasteiger partial charge in [0.15, 0.2) is 5.13 Å². The van der Waals surface area contributed by atoms with Gasteiger partial charge in [-0.25, -0.2) is 9.37 Å². The molecule has 3 aromatic carbocycles. The molecule has 0 bridgehead atoms. The molecule has 1 aliphatic rings. The predicted molar refractivity (Wildman–Crippen MR) is 125 cm³/mol. The largest absolute Gasteiger partial charge is 0.394 e. The highest BCUT2D eigenvalue weighted by atomic mass is 32.1. The lowest BCUT2D eigenvalue weighted by Gasteiger charge is -2.51. The Morgan fingerprint density at radius 3 is 2.41 bits per heavy atom. The normalized spacial score (nSPS) is 19.9. The molecule has 4 aromatic rings. The molecule has 0 radical (unpaired) electrons. The average molecular weight is 442 g/mol. The molecular weight excluding hydrogens is 421 g/mol. The number of thiazole rings is 1. The minimum Gasteiger partial charge on any atom is -0.394 e. The lowest BCUT2D eigenvalue weighted by atomic mass is 9.76. The van der Waals surface area contributed by atoms with Gasteiger partial charge in [0, 0.05) is 16.9 Å². The van der Waals surface area contributed by atoms with Gasteiger partial charge in [-0.3, -0.25) is 0 Å². The molecule has 0 amide bonds. The van der Waals surface area contributed by atoms with Crippen LogP contribution in [0.25, 0.3) is 22.4 Å². The second-order valence-corrected chi connectivity index (χ2v) is 8.61. The van der Waals surface area contributed by atoms with Crippen LogP contribution in [-0.2, 0) is 0 Å². The van der Waals surface area contributed by atoms with E-state index >= 15 is 0 Å². The monoisotopic (exact) mass is 441 g/mol. The smallest absolute Gasteiger partial charge is 0.187 e. The van der Waals surface area contributed by atoms with Crippen molar-refractivity contribution < 1.29 is 9.50 Å². The number of halogens is 1. The fourth-order valence-corrected chi connectivity index (χ4v) is 5.29. The molecule has 158 valence electrons. The van der Waals surface area contributed by atoms with Crippen LogP contribution in [0.2, 0.25) is 0 Å². The number of hydrogen-bond donors (Lipinski definition) is 1. The van der Waals surface area contributed by atoms with E-state index in [-0.39, 0.29) is 24.4 Å². The Morgan fingerprint density at radius 2 is 1.72 bits per heavy atom. The average Bonchev–Trinajstić information content (AvgIpc) is 3.29. The van der Waals surface area contributed by atoms with E-state index in [1.165, 1.54) is 23.5 Å². The highest BCUT2D eigenvalue weighted by Crippen LogP contribution is 2.45. The van der Waals surface area contributed by atoms with Crippen molar-refractivity contribution in [2.75, 3.05) is 11.5 Å². The minimum absolute atomic E-state index is 0.0747. The highest BCUT2D eigenvalue weighted by molar-refractivity contribution is 7.14. The standard InChI is InChI=1S/C26H20FN3OS/c27-21-8-4-7-20(13-21)17-9-11-19(12-10-17)25-23(14-28)30(24(25)15-31)26-29-22(16-32-26)18-5-2-1-3-6-18/h1-13,16,23-25,31H,15H2/t23-,24+,25+/m0/s1. The van der Waals surface area contributed by atoms with Gasteiger partial charge in [-0.15, -0.1) is 11.3 Å². The maximum Gasteiger partial charge on any atom is 0.187 e. The van der Waals surface area contributed by atoms with Crippen LogP contribution < -0.4 is 4.90 Å². The van der Waals surface area contributed by atoms with Gasteiger partial charge in [-0.2, -0.15) is 5.26 Å². The number of nitrogens with zero attached hydrogens (tertiary/aromatic N) is 3. The number of aromatic nitrogens is 1. The number of rotatable bonds is 5. The third-order valence-electron chi connectivity index (χ3n) is 5.97. The Balaban J connectivity index is 1.41. The molecule has 1 aromatic heterocycles. The summed E-state index contributed by atoms with van der Waals surface area (Å²) in [6.07, 6.45) is 0. The van der Waals surface area contributed by atoms with Gasteiger partial charge < -0.3 is 10.0 Å². The van der Waals surface area contributed by atoms with E-state index in [4.69, 9.17) is 4.98 Å². The van der Waals surface area contributed by atoms with Crippen molar-refractivity contribution in [2.24, 2.45) is 0 Å². The first-order valence-corrected chi connectivity index (χ1v) is 11.2. The van der Waals surface area contributed by atoms with Crippen LogP contribution in [0.5, 0.6) is 0 Å². The first-order chi connectivity index (χ1) is 15.7. The van der Waals surface area contributed by atoms with E-state index in [2.05, 4.69) is 6.07 Å². The topological polar surface area (TPSA) is 60.1 Å². The fourth-order valence-electron chi connectivity index (χ4n) is 4.36. The van der Waals surface area contributed by atoms with Crippen molar-refractivity contribution >= 4 is 16.5 Å². The number of aliphatic hydroxyl groups is 1. The zero-order chi connectivity index (χ0) is 22.1. The SMILES string of the molecule is N#C[C@H]1[C@@H](c2ccc(-c3cccc(F)c3)cc2)[C@@H](CO)N1c1nc(-c2ccccc2)cs1. The Hall–Kier alpha value is -3.53. The van der Waals surface area contributed by atoms with E-state index in [0.29, 0.717) is 0 Å². The van der Waals surface area contributed by atoms with Gasteiger partial charge in [-0.05, 0) is 28.8 Å². The summed E-state index contributed by atoms with van der Waals surface area (Å²) in [5, 5.41) is 22.8. The van der Waals surface area contributed by atoms with E-state index in [1.54, 1.807) is 6.07 Å². The van der Waals surface area contributed by atoms with Crippen molar-refractivity contribution in [1.82, 2.24) is 4.98 Å². The lowest BCUT2D eigenvalue weighted by molar-refractivity contribution is 0.187. The molecule has 0 saturated carbocycles. The molecule has 0 spiro atoms. The first-order valence-electron chi connectivity index (χ1n) is 10.4. The molecule has 32 heavy (non-hydrogen) atoms. The van der Waals surface area contributed by atoms with Crippen LogP contribution in [0.1, 0.15) is 11.5 Å². The van der Waals surface area contributed by atoms with Crippen molar-refractivity contribution in [3.05, 3.63) is 95.6 Å². The molecule has 1 N–H and O–H groups in total. The summed E-state index contributed by atoms with van der Waals surface area (Å²) in [5.41, 5.74) is 4.58. The summed E-state index contributed by atoms with van der Waals surface area (Å²) in [4.78, 5) is 6.65. The van der Waals surface area contributed by atoms with E-state index in [0.717, 1.165) is 33.1 Å². The summed E-state index contributed by atoms with van der Waals surface area (Å²) in [7, 11) is 0. The summed E-state index contributed by atoms with van der Waals surface area (Å²) in [6, 6.07) is 25.9. The molecule has 2 heterocycles. The van der Waals surface area contributed by atoms with Gasteiger partial charge in [0.05, 0.1) is 24.4 Å². The first kappa shape index (κ1) is 20.4. The van der Waals surface area contributed by atoms with Crippen molar-refractivity contribution in [3.63, 3.8) is 0 Å². The Bertz CT molecular complexity index is 1270. The van der Waals surface area contributed by atoms with Gasteiger partial charge in [0.25, 0.3) is 0 Å². The van der Waals surface area contributed by atoms with E-state index in [9.17, 15) is 14.8 Å².